The number of hydrogen-bond donors (Lipinski definition) is 0. The first kappa shape index (κ1) is 31.2. The smallest absolute Gasteiger partial charge is 0.135 e. The van der Waals surface area contributed by atoms with Crippen LogP contribution in [-0.4, -0.2) is 4.57 Å². The lowest BCUT2D eigenvalue weighted by molar-refractivity contribution is 0.669. The Morgan fingerprint density at radius 1 is 0.364 bits per heavy atom. The van der Waals surface area contributed by atoms with Crippen molar-refractivity contribution >= 4 is 71.6 Å². The fraction of sp³-hybridized carbons (Fsp3) is 0. The van der Waals surface area contributed by atoms with Crippen LogP contribution < -0.4 is 4.90 Å². The molecule has 0 amide bonds. The SMILES string of the molecule is c1ccc(-c2ccc(-c3ccc4ccccc4c3)cc2N(c2cccc(-n3c4ccccc4c4ccccc43)c2)c2ccc3oc4ccccc4c3c2)cc1. The van der Waals surface area contributed by atoms with Crippen molar-refractivity contribution in [3.8, 4) is 27.9 Å². The molecule has 0 spiro atoms. The Morgan fingerprint density at radius 3 is 1.82 bits per heavy atom. The molecule has 11 rings (SSSR count). The minimum Gasteiger partial charge on any atom is -0.456 e. The van der Waals surface area contributed by atoms with Gasteiger partial charge in [-0.25, -0.2) is 0 Å². The maximum atomic E-state index is 6.33. The third kappa shape index (κ3) is 5.20. The summed E-state index contributed by atoms with van der Waals surface area (Å²) in [6.07, 6.45) is 0. The van der Waals surface area contributed by atoms with E-state index in [1.807, 2.05) is 12.1 Å². The van der Waals surface area contributed by atoms with Crippen LogP contribution in [0.5, 0.6) is 0 Å². The van der Waals surface area contributed by atoms with Gasteiger partial charge in [0.25, 0.3) is 0 Å². The molecule has 0 fully saturated rings. The van der Waals surface area contributed by atoms with E-state index in [0.29, 0.717) is 0 Å². The molecular formula is C52H34N2O. The summed E-state index contributed by atoms with van der Waals surface area (Å²) in [4.78, 5) is 2.42. The van der Waals surface area contributed by atoms with E-state index in [4.69, 9.17) is 4.42 Å². The summed E-state index contributed by atoms with van der Waals surface area (Å²) in [5, 5.41) is 7.13. The quantitative estimate of drug-likeness (QED) is 0.172. The zero-order chi connectivity index (χ0) is 36.3. The van der Waals surface area contributed by atoms with Crippen molar-refractivity contribution in [2.75, 3.05) is 4.90 Å². The first-order chi connectivity index (χ1) is 27.3. The lowest BCUT2D eigenvalue weighted by Crippen LogP contribution is -2.12. The molecule has 0 aliphatic heterocycles. The molecule has 0 bridgehead atoms. The molecule has 0 unspecified atom stereocenters. The largest absolute Gasteiger partial charge is 0.456 e. The van der Waals surface area contributed by atoms with E-state index >= 15 is 0 Å². The Kier molecular flexibility index (Phi) is 7.17. The van der Waals surface area contributed by atoms with Crippen LogP contribution in [0.3, 0.4) is 0 Å². The number of nitrogens with zero attached hydrogens (tertiary/aromatic N) is 2. The minimum atomic E-state index is 0.872. The van der Waals surface area contributed by atoms with E-state index in [0.717, 1.165) is 61.4 Å². The standard InChI is InChI=1S/C52H34N2O/c1-2-14-36(15-3-1)43-29-27-39(38-26-25-35-13-4-5-16-37(35)31-38)32-50(43)53(42-28-30-52-47(34-42)46-21-8-11-24-51(46)55-52)40-17-12-18-41(33-40)54-48-22-9-6-19-44(48)45-20-7-10-23-49(45)54/h1-34H. The summed E-state index contributed by atoms with van der Waals surface area (Å²) < 4.78 is 8.72. The van der Waals surface area contributed by atoms with Gasteiger partial charge in [-0.3, -0.25) is 0 Å². The number of benzene rings is 9. The average molecular weight is 703 g/mol. The monoisotopic (exact) mass is 702 g/mol. The van der Waals surface area contributed by atoms with E-state index < -0.39 is 0 Å². The number of aromatic nitrogens is 1. The molecule has 0 N–H and O–H groups in total. The first-order valence-corrected chi connectivity index (χ1v) is 18.8. The van der Waals surface area contributed by atoms with Crippen LogP contribution in [0.1, 0.15) is 0 Å². The highest BCUT2D eigenvalue weighted by atomic mass is 16.3. The highest BCUT2D eigenvalue weighted by molar-refractivity contribution is 6.10. The third-order valence-corrected chi connectivity index (χ3v) is 11.0. The van der Waals surface area contributed by atoms with Crippen molar-refractivity contribution in [2.45, 2.75) is 0 Å². The summed E-state index contributed by atoms with van der Waals surface area (Å²) in [5.74, 6) is 0. The van der Waals surface area contributed by atoms with Gasteiger partial charge in [0.2, 0.25) is 0 Å². The van der Waals surface area contributed by atoms with Gasteiger partial charge in [-0.2, -0.15) is 0 Å². The molecule has 0 saturated heterocycles. The molecule has 2 heterocycles. The molecule has 3 nitrogen and oxygen atoms in total. The summed E-state index contributed by atoms with van der Waals surface area (Å²) in [6, 6.07) is 74.2. The normalized spacial score (nSPS) is 11.6. The van der Waals surface area contributed by atoms with Crippen molar-refractivity contribution < 1.29 is 4.42 Å². The molecule has 0 radical (unpaired) electrons. The predicted octanol–water partition coefficient (Wildman–Crippen LogP) is 14.6. The van der Waals surface area contributed by atoms with Gasteiger partial charge in [-0.05, 0) is 94.2 Å². The van der Waals surface area contributed by atoms with Gasteiger partial charge in [-0.1, -0.05) is 140 Å². The number of rotatable bonds is 6. The van der Waals surface area contributed by atoms with Gasteiger partial charge in [-0.15, -0.1) is 0 Å². The van der Waals surface area contributed by atoms with Gasteiger partial charge in [0.05, 0.1) is 16.7 Å². The highest BCUT2D eigenvalue weighted by Gasteiger charge is 2.21. The predicted molar refractivity (Wildman–Crippen MR) is 231 cm³/mol. The van der Waals surface area contributed by atoms with Crippen molar-refractivity contribution in [3.63, 3.8) is 0 Å². The Balaban J connectivity index is 1.19. The van der Waals surface area contributed by atoms with E-state index in [9.17, 15) is 0 Å². The zero-order valence-corrected chi connectivity index (χ0v) is 29.9. The van der Waals surface area contributed by atoms with E-state index in [1.54, 1.807) is 0 Å². The molecule has 3 heteroatoms. The van der Waals surface area contributed by atoms with Crippen LogP contribution >= 0.6 is 0 Å². The molecule has 0 aliphatic carbocycles. The number of anilines is 3. The molecule has 0 saturated carbocycles. The van der Waals surface area contributed by atoms with Gasteiger partial charge < -0.3 is 13.9 Å². The van der Waals surface area contributed by atoms with Gasteiger partial charge >= 0.3 is 0 Å². The van der Waals surface area contributed by atoms with Crippen LogP contribution in [0, 0.1) is 0 Å². The molecule has 11 aromatic rings. The minimum absolute atomic E-state index is 0.872. The van der Waals surface area contributed by atoms with E-state index in [1.165, 1.54) is 38.1 Å². The van der Waals surface area contributed by atoms with Crippen molar-refractivity contribution in [1.82, 2.24) is 4.57 Å². The van der Waals surface area contributed by atoms with Crippen LogP contribution in [0.2, 0.25) is 0 Å². The van der Waals surface area contributed by atoms with Crippen molar-refractivity contribution in [1.29, 1.82) is 0 Å². The number of hydrogen-bond acceptors (Lipinski definition) is 2. The Bertz CT molecular complexity index is 3170. The lowest BCUT2D eigenvalue weighted by atomic mass is 9.95. The van der Waals surface area contributed by atoms with Crippen molar-refractivity contribution in [2.24, 2.45) is 0 Å². The summed E-state index contributed by atoms with van der Waals surface area (Å²) in [5.41, 5.74) is 13.0. The van der Waals surface area contributed by atoms with Gasteiger partial charge in [0.15, 0.2) is 0 Å². The molecule has 2 aromatic heterocycles. The van der Waals surface area contributed by atoms with Crippen LogP contribution in [0.25, 0.3) is 82.5 Å². The first-order valence-electron chi connectivity index (χ1n) is 18.8. The Morgan fingerprint density at radius 2 is 1.00 bits per heavy atom. The van der Waals surface area contributed by atoms with Crippen LogP contribution in [0.4, 0.5) is 17.1 Å². The molecular weight excluding hydrogens is 669 g/mol. The fourth-order valence-electron chi connectivity index (χ4n) is 8.38. The van der Waals surface area contributed by atoms with E-state index in [2.05, 4.69) is 204 Å². The van der Waals surface area contributed by atoms with Crippen LogP contribution in [0.15, 0.2) is 211 Å². The number of para-hydroxylation sites is 3. The highest BCUT2D eigenvalue weighted by Crippen LogP contribution is 2.45. The molecule has 0 aliphatic rings. The number of furan rings is 1. The summed E-state index contributed by atoms with van der Waals surface area (Å²) in [6.45, 7) is 0. The lowest BCUT2D eigenvalue weighted by Gasteiger charge is -2.29. The van der Waals surface area contributed by atoms with E-state index in [-0.39, 0.29) is 0 Å². The second-order valence-corrected chi connectivity index (χ2v) is 14.2. The van der Waals surface area contributed by atoms with Gasteiger partial charge in [0.1, 0.15) is 11.2 Å². The van der Waals surface area contributed by atoms with Gasteiger partial charge in [0, 0.05) is 44.2 Å². The fourth-order valence-corrected chi connectivity index (χ4v) is 8.38. The summed E-state index contributed by atoms with van der Waals surface area (Å²) >= 11 is 0. The van der Waals surface area contributed by atoms with Crippen molar-refractivity contribution in [3.05, 3.63) is 206 Å². The molecule has 258 valence electrons. The molecule has 55 heavy (non-hydrogen) atoms. The second-order valence-electron chi connectivity index (χ2n) is 14.2. The average Bonchev–Trinajstić information content (AvgIpc) is 3.80. The molecule has 0 atom stereocenters. The second kappa shape index (κ2) is 12.6. The molecule has 9 aromatic carbocycles. The maximum Gasteiger partial charge on any atom is 0.135 e. The Hall–Kier alpha value is -7.36. The third-order valence-electron chi connectivity index (χ3n) is 11.0. The van der Waals surface area contributed by atoms with Crippen LogP contribution in [-0.2, 0) is 0 Å². The maximum absolute atomic E-state index is 6.33. The summed E-state index contributed by atoms with van der Waals surface area (Å²) in [7, 11) is 0. The zero-order valence-electron chi connectivity index (χ0n) is 29.9. The number of fused-ring (bicyclic) bond motifs is 7. The Labute approximate surface area is 318 Å². The topological polar surface area (TPSA) is 21.3 Å².